The second-order valence-electron chi connectivity index (χ2n) is 4.10. The minimum absolute atomic E-state index is 0.0803. The standard InChI is InChI=1S/C9H14N4OS/c1-5-3-6(5)4-13(2)8(14)7-11-12-9(10)15-7/h5-6H,3-4H2,1-2H3,(H2,10,12). The van der Waals surface area contributed by atoms with Gasteiger partial charge in [0.05, 0.1) is 0 Å². The van der Waals surface area contributed by atoms with Gasteiger partial charge in [0.15, 0.2) is 0 Å². The van der Waals surface area contributed by atoms with Gasteiger partial charge >= 0.3 is 0 Å². The summed E-state index contributed by atoms with van der Waals surface area (Å²) in [5.41, 5.74) is 5.43. The van der Waals surface area contributed by atoms with E-state index in [4.69, 9.17) is 5.73 Å². The van der Waals surface area contributed by atoms with Crippen molar-refractivity contribution in [2.24, 2.45) is 11.8 Å². The molecule has 2 atom stereocenters. The lowest BCUT2D eigenvalue weighted by Gasteiger charge is -2.14. The highest BCUT2D eigenvalue weighted by Crippen LogP contribution is 2.38. The highest BCUT2D eigenvalue weighted by molar-refractivity contribution is 7.16. The maximum atomic E-state index is 11.8. The van der Waals surface area contributed by atoms with Crippen molar-refractivity contribution < 1.29 is 4.79 Å². The van der Waals surface area contributed by atoms with Gasteiger partial charge in [0.25, 0.3) is 5.91 Å². The summed E-state index contributed by atoms with van der Waals surface area (Å²) in [5.74, 6) is 1.33. The zero-order valence-electron chi connectivity index (χ0n) is 8.80. The average Bonchev–Trinajstić information content (AvgIpc) is 2.71. The van der Waals surface area contributed by atoms with Gasteiger partial charge < -0.3 is 10.6 Å². The minimum Gasteiger partial charge on any atom is -0.374 e. The molecule has 0 aliphatic heterocycles. The van der Waals surface area contributed by atoms with E-state index in [1.54, 1.807) is 11.9 Å². The number of nitrogen functional groups attached to an aromatic ring is 1. The van der Waals surface area contributed by atoms with Crippen molar-refractivity contribution in [3.05, 3.63) is 5.01 Å². The first-order valence-electron chi connectivity index (χ1n) is 4.92. The lowest BCUT2D eigenvalue weighted by atomic mass is 10.3. The van der Waals surface area contributed by atoms with Crippen LogP contribution in [0.4, 0.5) is 5.13 Å². The SMILES string of the molecule is CC1CC1CN(C)C(=O)c1nnc(N)s1. The molecule has 1 aliphatic carbocycles. The van der Waals surface area contributed by atoms with Crippen molar-refractivity contribution in [3.63, 3.8) is 0 Å². The molecule has 15 heavy (non-hydrogen) atoms. The molecule has 82 valence electrons. The van der Waals surface area contributed by atoms with E-state index in [1.165, 1.54) is 6.42 Å². The predicted octanol–water partition coefficient (Wildman–Crippen LogP) is 0.848. The number of nitrogens with zero attached hydrogens (tertiary/aromatic N) is 3. The number of nitrogens with two attached hydrogens (primary N) is 1. The van der Waals surface area contributed by atoms with Crippen LogP contribution < -0.4 is 5.73 Å². The van der Waals surface area contributed by atoms with Crippen LogP contribution in [-0.4, -0.2) is 34.6 Å². The molecule has 0 spiro atoms. The molecule has 5 nitrogen and oxygen atoms in total. The lowest BCUT2D eigenvalue weighted by molar-refractivity contribution is 0.0786. The summed E-state index contributed by atoms with van der Waals surface area (Å²) in [6.45, 7) is 3.01. The van der Waals surface area contributed by atoms with Gasteiger partial charge in [-0.05, 0) is 18.3 Å². The first-order valence-corrected chi connectivity index (χ1v) is 5.74. The van der Waals surface area contributed by atoms with Crippen molar-refractivity contribution in [3.8, 4) is 0 Å². The van der Waals surface area contributed by atoms with Crippen LogP contribution in [0.1, 0.15) is 23.1 Å². The van der Waals surface area contributed by atoms with E-state index in [-0.39, 0.29) is 5.91 Å². The number of hydrogen-bond donors (Lipinski definition) is 1. The van der Waals surface area contributed by atoms with Crippen molar-refractivity contribution in [1.29, 1.82) is 0 Å². The number of anilines is 1. The Morgan fingerprint density at radius 3 is 2.80 bits per heavy atom. The Balaban J connectivity index is 1.95. The van der Waals surface area contributed by atoms with E-state index in [2.05, 4.69) is 17.1 Å². The molecule has 2 rings (SSSR count). The fourth-order valence-electron chi connectivity index (χ4n) is 1.57. The maximum absolute atomic E-state index is 11.8. The van der Waals surface area contributed by atoms with Gasteiger partial charge in [-0.2, -0.15) is 0 Å². The van der Waals surface area contributed by atoms with E-state index in [0.717, 1.165) is 23.8 Å². The van der Waals surface area contributed by atoms with Crippen molar-refractivity contribution in [2.45, 2.75) is 13.3 Å². The monoisotopic (exact) mass is 226 g/mol. The minimum atomic E-state index is -0.0803. The number of rotatable bonds is 3. The zero-order chi connectivity index (χ0) is 11.0. The topological polar surface area (TPSA) is 72.1 Å². The summed E-state index contributed by atoms with van der Waals surface area (Å²) < 4.78 is 0. The molecular weight excluding hydrogens is 212 g/mol. The van der Waals surface area contributed by atoms with Crippen LogP contribution in [0.2, 0.25) is 0 Å². The van der Waals surface area contributed by atoms with Crippen LogP contribution in [-0.2, 0) is 0 Å². The van der Waals surface area contributed by atoms with Gasteiger partial charge in [0.1, 0.15) is 0 Å². The number of amides is 1. The zero-order valence-corrected chi connectivity index (χ0v) is 9.62. The van der Waals surface area contributed by atoms with Gasteiger partial charge in [0, 0.05) is 13.6 Å². The molecule has 6 heteroatoms. The molecule has 1 fully saturated rings. The fraction of sp³-hybridized carbons (Fsp3) is 0.667. The summed E-state index contributed by atoms with van der Waals surface area (Å²) in [7, 11) is 1.80. The third-order valence-electron chi connectivity index (χ3n) is 2.75. The molecule has 2 N–H and O–H groups in total. The second-order valence-corrected chi connectivity index (χ2v) is 5.11. The van der Waals surface area contributed by atoms with E-state index in [0.29, 0.717) is 16.1 Å². The third kappa shape index (κ3) is 2.26. The Bertz CT molecular complexity index is 378. The van der Waals surface area contributed by atoms with Crippen LogP contribution in [0.3, 0.4) is 0 Å². The highest BCUT2D eigenvalue weighted by atomic mass is 32.1. The van der Waals surface area contributed by atoms with Gasteiger partial charge in [-0.15, -0.1) is 10.2 Å². The Labute approximate surface area is 92.3 Å². The molecule has 1 heterocycles. The van der Waals surface area contributed by atoms with Crippen LogP contribution in [0.15, 0.2) is 0 Å². The maximum Gasteiger partial charge on any atom is 0.284 e. The van der Waals surface area contributed by atoms with Gasteiger partial charge in [-0.1, -0.05) is 18.3 Å². The van der Waals surface area contributed by atoms with E-state index in [1.807, 2.05) is 0 Å². The summed E-state index contributed by atoms with van der Waals surface area (Å²) in [6.07, 6.45) is 1.22. The van der Waals surface area contributed by atoms with Crippen LogP contribution in [0, 0.1) is 11.8 Å². The molecular formula is C9H14N4OS. The number of hydrogen-bond acceptors (Lipinski definition) is 5. The molecule has 1 aromatic heterocycles. The first-order chi connectivity index (χ1) is 7.08. The van der Waals surface area contributed by atoms with Crippen molar-refractivity contribution in [2.75, 3.05) is 19.3 Å². The molecule has 1 amide bonds. The quantitative estimate of drug-likeness (QED) is 0.829. The molecule has 0 aromatic carbocycles. The lowest BCUT2D eigenvalue weighted by Crippen LogP contribution is -2.29. The third-order valence-corrected chi connectivity index (χ3v) is 3.50. The Morgan fingerprint density at radius 1 is 1.67 bits per heavy atom. The molecule has 1 aliphatic rings. The van der Waals surface area contributed by atoms with Gasteiger partial charge in [-0.25, -0.2) is 0 Å². The normalized spacial score (nSPS) is 23.9. The van der Waals surface area contributed by atoms with Crippen LogP contribution in [0.25, 0.3) is 0 Å². The number of carbonyl (C=O) groups excluding carboxylic acids is 1. The molecule has 2 unspecified atom stereocenters. The first kappa shape index (κ1) is 10.4. The van der Waals surface area contributed by atoms with Gasteiger partial charge in [0.2, 0.25) is 10.1 Å². The van der Waals surface area contributed by atoms with E-state index in [9.17, 15) is 4.79 Å². The molecule has 0 radical (unpaired) electrons. The van der Waals surface area contributed by atoms with Crippen LogP contribution >= 0.6 is 11.3 Å². The Kier molecular flexibility index (Phi) is 2.60. The summed E-state index contributed by atoms with van der Waals surface area (Å²) >= 11 is 1.14. The van der Waals surface area contributed by atoms with Crippen molar-refractivity contribution >= 4 is 22.4 Å². The second kappa shape index (κ2) is 3.77. The molecule has 0 saturated heterocycles. The predicted molar refractivity (Wildman–Crippen MR) is 58.6 cm³/mol. The molecule has 1 aromatic rings. The summed E-state index contributed by atoms with van der Waals surface area (Å²) in [6, 6.07) is 0. The Morgan fingerprint density at radius 2 is 2.33 bits per heavy atom. The fourth-order valence-corrected chi connectivity index (χ4v) is 2.18. The summed E-state index contributed by atoms with van der Waals surface area (Å²) in [4.78, 5) is 13.5. The number of carbonyl (C=O) groups is 1. The van der Waals surface area contributed by atoms with E-state index >= 15 is 0 Å². The van der Waals surface area contributed by atoms with Crippen molar-refractivity contribution in [1.82, 2.24) is 15.1 Å². The molecule has 1 saturated carbocycles. The van der Waals surface area contributed by atoms with E-state index < -0.39 is 0 Å². The summed E-state index contributed by atoms with van der Waals surface area (Å²) in [5, 5.41) is 8.08. The smallest absolute Gasteiger partial charge is 0.284 e. The number of aromatic nitrogens is 2. The highest BCUT2D eigenvalue weighted by Gasteiger charge is 2.34. The Hall–Kier alpha value is -1.17. The largest absolute Gasteiger partial charge is 0.374 e. The van der Waals surface area contributed by atoms with Crippen LogP contribution in [0.5, 0.6) is 0 Å². The average molecular weight is 226 g/mol. The van der Waals surface area contributed by atoms with Gasteiger partial charge in [-0.3, -0.25) is 4.79 Å². The molecule has 0 bridgehead atoms.